The van der Waals surface area contributed by atoms with E-state index in [9.17, 15) is 14.7 Å². The summed E-state index contributed by atoms with van der Waals surface area (Å²) in [6, 6.07) is 32.5. The van der Waals surface area contributed by atoms with E-state index in [2.05, 4.69) is 84.8 Å². The Morgan fingerprint density at radius 2 is 1.55 bits per heavy atom. The highest BCUT2D eigenvalue weighted by Crippen LogP contribution is 2.53. The summed E-state index contributed by atoms with van der Waals surface area (Å²) in [5.74, 6) is -0.143. The molecule has 2 aliphatic heterocycles. The molecule has 0 radical (unpaired) electrons. The number of hydrogen-bond acceptors (Lipinski definition) is 7. The number of nitrogens with zero attached hydrogens (tertiary/aromatic N) is 1. The molecule has 1 aliphatic carbocycles. The first-order chi connectivity index (χ1) is 26.9. The standard InChI is InChI=1S/C47H58N4O5/c1-46(2)25-38-26-47(3,30-46)31-51(38)28-39-24-42(35-17-15-32(29-52)16-18-35)56-45(55-39)36-21-19-34(20-22-36)37-10-8-9-33(23-37)27-49-43(53)13-6-7-14-44(54)50-41-12-5-4-11-40(41)48/h4-5,8-12,15-23,38-39,42,45,52H,6-7,13-14,24-31,48H2,1-3H3,(H,49,53)(H,50,54)/t38?,39-,42+,45+,47?/m0/s1. The molecule has 296 valence electrons. The van der Waals surface area contributed by atoms with Crippen LogP contribution in [0.15, 0.2) is 97.1 Å². The molecule has 5 N–H and O–H groups in total. The Balaban J connectivity index is 0.946. The molecule has 3 fully saturated rings. The van der Waals surface area contributed by atoms with Crippen molar-refractivity contribution in [2.24, 2.45) is 10.8 Å². The van der Waals surface area contributed by atoms with Crippen molar-refractivity contribution >= 4 is 23.2 Å². The lowest BCUT2D eigenvalue weighted by Crippen LogP contribution is -2.42. The predicted octanol–water partition coefficient (Wildman–Crippen LogP) is 8.69. The van der Waals surface area contributed by atoms with Gasteiger partial charge in [0.2, 0.25) is 11.8 Å². The zero-order valence-electron chi connectivity index (χ0n) is 33.1. The van der Waals surface area contributed by atoms with Gasteiger partial charge in [0.05, 0.1) is 30.2 Å². The Hall–Kier alpha value is -4.54. The van der Waals surface area contributed by atoms with Gasteiger partial charge in [-0.05, 0) is 89.0 Å². The highest BCUT2D eigenvalue weighted by molar-refractivity contribution is 5.93. The maximum absolute atomic E-state index is 12.6. The Kier molecular flexibility index (Phi) is 12.3. The van der Waals surface area contributed by atoms with Crippen LogP contribution in [0.1, 0.15) is 107 Å². The van der Waals surface area contributed by atoms with E-state index < -0.39 is 6.29 Å². The quantitative estimate of drug-likeness (QED) is 0.0749. The van der Waals surface area contributed by atoms with Gasteiger partial charge in [-0.25, -0.2) is 0 Å². The van der Waals surface area contributed by atoms with Crippen molar-refractivity contribution in [1.29, 1.82) is 0 Å². The second kappa shape index (κ2) is 17.3. The van der Waals surface area contributed by atoms with Crippen LogP contribution in [0.4, 0.5) is 11.4 Å². The maximum atomic E-state index is 12.6. The number of aliphatic hydroxyl groups excluding tert-OH is 1. The number of aliphatic hydroxyl groups is 1. The van der Waals surface area contributed by atoms with Gasteiger partial charge in [-0.2, -0.15) is 0 Å². The van der Waals surface area contributed by atoms with E-state index >= 15 is 0 Å². The summed E-state index contributed by atoms with van der Waals surface area (Å²) in [4.78, 5) is 27.6. The Morgan fingerprint density at radius 1 is 0.821 bits per heavy atom. The molecule has 4 aromatic carbocycles. The lowest BCUT2D eigenvalue weighted by molar-refractivity contribution is -0.253. The van der Waals surface area contributed by atoms with Crippen LogP contribution >= 0.6 is 0 Å². The average molecular weight is 759 g/mol. The number of hydrogen-bond donors (Lipinski definition) is 4. The van der Waals surface area contributed by atoms with Gasteiger partial charge in [0, 0.05) is 50.5 Å². The minimum Gasteiger partial charge on any atom is -0.397 e. The molecular weight excluding hydrogens is 701 g/mol. The number of benzene rings is 4. The van der Waals surface area contributed by atoms with E-state index in [0.29, 0.717) is 60.5 Å². The number of carbonyl (C=O) groups excluding carboxylic acids is 2. The number of fused-ring (bicyclic) bond motifs is 2. The van der Waals surface area contributed by atoms with E-state index in [-0.39, 0.29) is 30.6 Å². The summed E-state index contributed by atoms with van der Waals surface area (Å²) >= 11 is 0. The molecule has 2 saturated heterocycles. The van der Waals surface area contributed by atoms with Gasteiger partial charge in [-0.1, -0.05) is 99.6 Å². The van der Waals surface area contributed by atoms with Crippen LogP contribution in [0.5, 0.6) is 0 Å². The third-order valence-electron chi connectivity index (χ3n) is 11.8. The number of nitrogens with one attached hydrogen (secondary N) is 2. The molecule has 4 aromatic rings. The SMILES string of the molecule is CC1(C)CC2CC(C)(CN2C[C@@H]2C[C@H](c3ccc(CO)cc3)O[C@H](c3ccc(-c4cccc(CNC(=O)CCCCC(=O)Nc5ccccc5N)c4)cc3)O2)C1. The largest absolute Gasteiger partial charge is 0.397 e. The van der Waals surface area contributed by atoms with Crippen LogP contribution in [0.25, 0.3) is 11.1 Å². The van der Waals surface area contributed by atoms with E-state index in [1.54, 1.807) is 12.1 Å². The first kappa shape index (κ1) is 39.7. The monoisotopic (exact) mass is 758 g/mol. The van der Waals surface area contributed by atoms with Gasteiger partial charge in [0.15, 0.2) is 6.29 Å². The molecule has 7 rings (SSSR count). The highest BCUT2D eigenvalue weighted by atomic mass is 16.7. The lowest BCUT2D eigenvalue weighted by Gasteiger charge is -2.41. The number of para-hydroxylation sites is 2. The number of ether oxygens (including phenoxy) is 2. The molecule has 1 saturated carbocycles. The van der Waals surface area contributed by atoms with Crippen molar-refractivity contribution in [3.63, 3.8) is 0 Å². The molecule has 5 atom stereocenters. The van der Waals surface area contributed by atoms with Crippen LogP contribution in [0, 0.1) is 10.8 Å². The molecule has 2 heterocycles. The summed E-state index contributed by atoms with van der Waals surface area (Å²) in [6.45, 7) is 9.77. The van der Waals surface area contributed by atoms with Crippen molar-refractivity contribution in [1.82, 2.24) is 10.2 Å². The van der Waals surface area contributed by atoms with Crippen LogP contribution in [0.2, 0.25) is 0 Å². The Labute approximate surface area is 332 Å². The van der Waals surface area contributed by atoms with Crippen LogP contribution in [-0.4, -0.2) is 47.1 Å². The number of nitrogens with two attached hydrogens (primary N) is 1. The second-order valence-electron chi connectivity index (χ2n) is 17.4. The van der Waals surface area contributed by atoms with Crippen LogP contribution in [0.3, 0.4) is 0 Å². The van der Waals surface area contributed by atoms with Crippen molar-refractivity contribution < 1.29 is 24.2 Å². The summed E-state index contributed by atoms with van der Waals surface area (Å²) in [7, 11) is 0. The normalized spacial score (nSPS) is 24.4. The lowest BCUT2D eigenvalue weighted by atomic mass is 9.65. The van der Waals surface area contributed by atoms with Gasteiger partial charge in [-0.3, -0.25) is 14.5 Å². The van der Waals surface area contributed by atoms with Crippen molar-refractivity contribution in [3.8, 4) is 11.1 Å². The van der Waals surface area contributed by atoms with Gasteiger partial charge in [-0.15, -0.1) is 0 Å². The third kappa shape index (κ3) is 10.1. The zero-order valence-corrected chi connectivity index (χ0v) is 33.1. The molecular formula is C47H58N4O5. The maximum Gasteiger partial charge on any atom is 0.224 e. The first-order valence-corrected chi connectivity index (χ1v) is 20.3. The van der Waals surface area contributed by atoms with Gasteiger partial charge >= 0.3 is 0 Å². The van der Waals surface area contributed by atoms with Gasteiger partial charge in [0.1, 0.15) is 0 Å². The van der Waals surface area contributed by atoms with Crippen molar-refractivity contribution in [2.45, 2.75) is 110 Å². The molecule has 2 unspecified atom stereocenters. The van der Waals surface area contributed by atoms with Gasteiger partial charge < -0.3 is 30.9 Å². The smallest absolute Gasteiger partial charge is 0.224 e. The number of carbonyl (C=O) groups is 2. The number of rotatable bonds is 14. The average Bonchev–Trinajstić information content (AvgIpc) is 3.43. The molecule has 2 bridgehead atoms. The topological polar surface area (TPSA) is 126 Å². The predicted molar refractivity (Wildman–Crippen MR) is 221 cm³/mol. The molecule has 0 aromatic heterocycles. The number of unbranched alkanes of at least 4 members (excludes halogenated alkanes) is 1. The number of nitrogen functional groups attached to an aromatic ring is 1. The molecule has 56 heavy (non-hydrogen) atoms. The van der Waals surface area contributed by atoms with Crippen LogP contribution in [-0.2, 0) is 32.2 Å². The molecule has 9 heteroatoms. The Morgan fingerprint density at radius 3 is 2.30 bits per heavy atom. The summed E-state index contributed by atoms with van der Waals surface area (Å²) in [5.41, 5.74) is 13.9. The molecule has 9 nitrogen and oxygen atoms in total. The second-order valence-corrected chi connectivity index (χ2v) is 17.4. The zero-order chi connectivity index (χ0) is 39.3. The number of anilines is 2. The van der Waals surface area contributed by atoms with E-state index in [1.165, 1.54) is 19.3 Å². The minimum absolute atomic E-state index is 0.0189. The highest BCUT2D eigenvalue weighted by Gasteiger charge is 2.50. The summed E-state index contributed by atoms with van der Waals surface area (Å²) in [6.07, 6.45) is 5.87. The fraction of sp³-hybridized carbons (Fsp3) is 0.447. The number of likely N-dealkylation sites (tertiary alicyclic amines) is 1. The number of amides is 2. The molecule has 2 amide bonds. The van der Waals surface area contributed by atoms with E-state index in [4.69, 9.17) is 15.2 Å². The summed E-state index contributed by atoms with van der Waals surface area (Å²) < 4.78 is 13.5. The molecule has 3 aliphatic rings. The van der Waals surface area contributed by atoms with Crippen molar-refractivity contribution in [3.05, 3.63) is 119 Å². The fourth-order valence-electron chi connectivity index (χ4n) is 9.46. The summed E-state index contributed by atoms with van der Waals surface area (Å²) in [5, 5.41) is 15.5. The fourth-order valence-corrected chi connectivity index (χ4v) is 9.46. The molecule has 0 spiro atoms. The van der Waals surface area contributed by atoms with Crippen molar-refractivity contribution in [2.75, 3.05) is 24.1 Å². The Bertz CT molecular complexity index is 1960. The third-order valence-corrected chi connectivity index (χ3v) is 11.8. The van der Waals surface area contributed by atoms with E-state index in [1.807, 2.05) is 36.4 Å². The van der Waals surface area contributed by atoms with Crippen LogP contribution < -0.4 is 16.4 Å². The van der Waals surface area contributed by atoms with Gasteiger partial charge in [0.25, 0.3) is 0 Å². The first-order valence-electron chi connectivity index (χ1n) is 20.3. The minimum atomic E-state index is -0.502. The van der Waals surface area contributed by atoms with E-state index in [0.717, 1.165) is 52.9 Å².